The topological polar surface area (TPSA) is 117 Å². The van der Waals surface area contributed by atoms with Crippen LogP contribution in [0.2, 0.25) is 5.02 Å². The Morgan fingerprint density at radius 2 is 1.95 bits per heavy atom. The monoisotopic (exact) mass is 522 g/mol. The van der Waals surface area contributed by atoms with Gasteiger partial charge in [0, 0.05) is 48.9 Å². The Morgan fingerprint density at radius 3 is 2.65 bits per heavy atom. The largest absolute Gasteiger partial charge is 0.493 e. The van der Waals surface area contributed by atoms with Gasteiger partial charge in [0.1, 0.15) is 12.8 Å². The molecular formula is C26H27ClN6O4. The molecular weight excluding hydrogens is 496 g/mol. The van der Waals surface area contributed by atoms with E-state index in [1.54, 1.807) is 48.7 Å². The molecule has 37 heavy (non-hydrogen) atoms. The molecule has 1 aliphatic heterocycles. The highest BCUT2D eigenvalue weighted by Crippen LogP contribution is 2.33. The fourth-order valence-electron chi connectivity index (χ4n) is 4.79. The van der Waals surface area contributed by atoms with Gasteiger partial charge < -0.3 is 25.1 Å². The van der Waals surface area contributed by atoms with E-state index in [4.69, 9.17) is 16.4 Å². The molecule has 0 bridgehead atoms. The lowest BCUT2D eigenvalue weighted by Gasteiger charge is -2.24. The second kappa shape index (κ2) is 9.70. The highest BCUT2D eigenvalue weighted by molar-refractivity contribution is 6.35. The number of nitrogens with zero attached hydrogens (tertiary/aromatic N) is 4. The maximum Gasteiger partial charge on any atom is 0.335 e. The zero-order valence-corrected chi connectivity index (χ0v) is 21.4. The number of rotatable bonds is 5. The van der Waals surface area contributed by atoms with E-state index >= 15 is 0 Å². The molecule has 2 aromatic heterocycles. The average Bonchev–Trinajstić information content (AvgIpc) is 3.39. The number of H-pyrrole nitrogens is 1. The van der Waals surface area contributed by atoms with Gasteiger partial charge in [-0.05, 0) is 49.2 Å². The third kappa shape index (κ3) is 4.33. The summed E-state index contributed by atoms with van der Waals surface area (Å²) in [5, 5.41) is 19.6. The third-order valence-electron chi connectivity index (χ3n) is 6.54. The van der Waals surface area contributed by atoms with Crippen molar-refractivity contribution in [1.29, 1.82) is 0 Å². The van der Waals surface area contributed by atoms with E-state index in [9.17, 15) is 14.7 Å². The summed E-state index contributed by atoms with van der Waals surface area (Å²) in [6.45, 7) is 0.456. The molecule has 0 radical (unpaired) electrons. The minimum atomic E-state index is -0.522. The van der Waals surface area contributed by atoms with E-state index < -0.39 is 6.04 Å². The number of fused-ring (bicyclic) bond motifs is 2. The van der Waals surface area contributed by atoms with Gasteiger partial charge in [-0.3, -0.25) is 9.36 Å². The normalized spacial score (nSPS) is 15.5. The number of hydrogen-bond donors (Lipinski definition) is 3. The standard InChI is InChI=1S/C26H27ClN6O4/c1-31(2)23(30-37-3)15-6-9-17(10-7-15)33-25(35)22-20(5-4-12-32(22)26(33)36)29-24(34)16-8-11-18-19(27)14-28-21(18)13-16/h6-11,13-14,20,28,35H,4-5,12H2,1-3H3,(H,29,34)/t20-/m1/s1. The van der Waals surface area contributed by atoms with E-state index in [0.717, 1.165) is 16.5 Å². The number of benzene rings is 2. The summed E-state index contributed by atoms with van der Waals surface area (Å²) in [6.07, 6.45) is 2.95. The first-order valence-electron chi connectivity index (χ1n) is 11.8. The van der Waals surface area contributed by atoms with Crippen molar-refractivity contribution >= 4 is 34.2 Å². The molecule has 1 aliphatic rings. The van der Waals surface area contributed by atoms with Gasteiger partial charge in [0.15, 0.2) is 5.84 Å². The Labute approximate surface area is 217 Å². The first kappa shape index (κ1) is 24.5. The molecule has 1 atom stereocenters. The second-order valence-electron chi connectivity index (χ2n) is 9.08. The molecule has 2 aromatic carbocycles. The molecule has 0 spiro atoms. The summed E-state index contributed by atoms with van der Waals surface area (Å²) >= 11 is 6.15. The quantitative estimate of drug-likeness (QED) is 0.210. The third-order valence-corrected chi connectivity index (χ3v) is 6.86. The van der Waals surface area contributed by atoms with Gasteiger partial charge in [-0.15, -0.1) is 0 Å². The number of amidine groups is 1. The number of amides is 1. The summed E-state index contributed by atoms with van der Waals surface area (Å²) in [6, 6.07) is 11.8. The van der Waals surface area contributed by atoms with Crippen molar-refractivity contribution in [2.24, 2.45) is 5.16 Å². The van der Waals surface area contributed by atoms with E-state index in [0.29, 0.717) is 47.2 Å². The number of imidazole rings is 1. The predicted molar refractivity (Wildman–Crippen MR) is 142 cm³/mol. The van der Waals surface area contributed by atoms with Gasteiger partial charge in [-0.25, -0.2) is 9.36 Å². The molecule has 10 nitrogen and oxygen atoms in total. The van der Waals surface area contributed by atoms with Crippen LogP contribution in [0.25, 0.3) is 16.6 Å². The Balaban J connectivity index is 1.46. The van der Waals surface area contributed by atoms with Crippen molar-refractivity contribution in [1.82, 2.24) is 24.3 Å². The summed E-state index contributed by atoms with van der Waals surface area (Å²) in [5.74, 6) is 0.126. The van der Waals surface area contributed by atoms with Crippen LogP contribution in [0.1, 0.15) is 40.5 Å². The van der Waals surface area contributed by atoms with Gasteiger partial charge in [0.25, 0.3) is 5.91 Å². The maximum absolute atomic E-state index is 13.3. The highest BCUT2D eigenvalue weighted by atomic mass is 35.5. The van der Waals surface area contributed by atoms with Crippen molar-refractivity contribution in [2.45, 2.75) is 25.4 Å². The van der Waals surface area contributed by atoms with Gasteiger partial charge in [-0.2, -0.15) is 0 Å². The van der Waals surface area contributed by atoms with Crippen molar-refractivity contribution in [3.05, 3.63) is 81.0 Å². The minimum absolute atomic E-state index is 0.187. The molecule has 0 saturated carbocycles. The first-order chi connectivity index (χ1) is 17.8. The number of aromatic hydroxyl groups is 1. The zero-order chi connectivity index (χ0) is 26.3. The van der Waals surface area contributed by atoms with E-state index in [-0.39, 0.29) is 17.5 Å². The summed E-state index contributed by atoms with van der Waals surface area (Å²) in [7, 11) is 5.18. The molecule has 0 unspecified atom stereocenters. The van der Waals surface area contributed by atoms with Crippen LogP contribution in [-0.2, 0) is 11.4 Å². The van der Waals surface area contributed by atoms with Crippen molar-refractivity contribution in [2.75, 3.05) is 21.2 Å². The molecule has 0 saturated heterocycles. The highest BCUT2D eigenvalue weighted by Gasteiger charge is 2.31. The molecule has 3 heterocycles. The summed E-state index contributed by atoms with van der Waals surface area (Å²) in [5.41, 5.74) is 2.53. The second-order valence-corrected chi connectivity index (χ2v) is 9.49. The van der Waals surface area contributed by atoms with Gasteiger partial charge in [0.05, 0.1) is 16.8 Å². The molecule has 4 aromatic rings. The number of nitrogens with one attached hydrogen (secondary N) is 2. The molecule has 3 N–H and O–H groups in total. The molecule has 5 rings (SSSR count). The number of halogens is 1. The Morgan fingerprint density at radius 1 is 1.22 bits per heavy atom. The van der Waals surface area contributed by atoms with Crippen LogP contribution < -0.4 is 11.0 Å². The number of carbonyl (C=O) groups is 1. The fraction of sp³-hybridized carbons (Fsp3) is 0.269. The lowest BCUT2D eigenvalue weighted by Crippen LogP contribution is -2.35. The first-order valence-corrected chi connectivity index (χ1v) is 12.2. The average molecular weight is 523 g/mol. The van der Waals surface area contributed by atoms with Crippen LogP contribution in [0.5, 0.6) is 5.88 Å². The van der Waals surface area contributed by atoms with Crippen LogP contribution in [0, 0.1) is 0 Å². The summed E-state index contributed by atoms with van der Waals surface area (Å²) in [4.78, 5) is 36.2. The molecule has 192 valence electrons. The maximum atomic E-state index is 13.3. The number of carbonyl (C=O) groups excluding carboxylic acids is 1. The number of aromatic nitrogens is 3. The van der Waals surface area contributed by atoms with Crippen molar-refractivity contribution in [3.63, 3.8) is 0 Å². The van der Waals surface area contributed by atoms with E-state index in [1.165, 1.54) is 16.2 Å². The van der Waals surface area contributed by atoms with Gasteiger partial charge in [-0.1, -0.05) is 22.8 Å². The lowest BCUT2D eigenvalue weighted by molar-refractivity contribution is 0.0928. The number of aromatic amines is 1. The SMILES string of the molecule is CON=C(c1ccc(-n2c(O)c3n(c2=O)CCC[C@H]3NC(=O)c2ccc3c(Cl)c[nH]c3c2)cc1)N(C)C. The van der Waals surface area contributed by atoms with Crippen molar-refractivity contribution in [3.8, 4) is 11.6 Å². The predicted octanol–water partition coefficient (Wildman–Crippen LogP) is 3.61. The van der Waals surface area contributed by atoms with Crippen molar-refractivity contribution < 1.29 is 14.7 Å². The summed E-state index contributed by atoms with van der Waals surface area (Å²) < 4.78 is 2.79. The van der Waals surface area contributed by atoms with Crippen LogP contribution in [0.4, 0.5) is 0 Å². The smallest absolute Gasteiger partial charge is 0.335 e. The fourth-order valence-corrected chi connectivity index (χ4v) is 5.00. The minimum Gasteiger partial charge on any atom is -0.493 e. The molecule has 0 fully saturated rings. The molecule has 1 amide bonds. The number of hydrogen-bond acceptors (Lipinski definition) is 5. The van der Waals surface area contributed by atoms with E-state index in [2.05, 4.69) is 15.5 Å². The zero-order valence-electron chi connectivity index (χ0n) is 20.7. The van der Waals surface area contributed by atoms with Crippen LogP contribution in [-0.4, -0.2) is 57.1 Å². The Hall–Kier alpha value is -4.18. The lowest BCUT2D eigenvalue weighted by atomic mass is 10.0. The van der Waals surface area contributed by atoms with Crippen LogP contribution in [0.3, 0.4) is 0 Å². The van der Waals surface area contributed by atoms with Crippen LogP contribution in [0.15, 0.2) is 58.6 Å². The molecule has 0 aliphatic carbocycles. The van der Waals surface area contributed by atoms with Crippen LogP contribution >= 0.6 is 11.6 Å². The number of oxime groups is 1. The van der Waals surface area contributed by atoms with Gasteiger partial charge in [0.2, 0.25) is 5.88 Å². The Bertz CT molecular complexity index is 1560. The Kier molecular flexibility index (Phi) is 6.43. The van der Waals surface area contributed by atoms with Gasteiger partial charge >= 0.3 is 5.69 Å². The molecule has 11 heteroatoms. The van der Waals surface area contributed by atoms with E-state index in [1.807, 2.05) is 19.0 Å².